The van der Waals surface area contributed by atoms with Crippen molar-refractivity contribution in [2.75, 3.05) is 0 Å². The third-order valence-corrected chi connectivity index (χ3v) is 3.74. The van der Waals surface area contributed by atoms with Crippen LogP contribution >= 0.6 is 23.2 Å². The normalized spacial score (nSPS) is 10.9. The fourth-order valence-corrected chi connectivity index (χ4v) is 2.90. The second kappa shape index (κ2) is 4.97. The van der Waals surface area contributed by atoms with Gasteiger partial charge < -0.3 is 4.98 Å². The minimum Gasteiger partial charge on any atom is -0.360 e. The van der Waals surface area contributed by atoms with Crippen LogP contribution in [0.5, 0.6) is 0 Å². The topological polar surface area (TPSA) is 32.9 Å². The van der Waals surface area contributed by atoms with Gasteiger partial charge in [0.1, 0.15) is 0 Å². The molecule has 4 heteroatoms. The van der Waals surface area contributed by atoms with Gasteiger partial charge in [-0.15, -0.1) is 0 Å². The zero-order valence-corrected chi connectivity index (χ0v) is 12.2. The number of carbonyl (C=O) groups excluding carboxylic acids is 1. The molecule has 0 fully saturated rings. The number of aromatic amines is 1. The predicted octanol–water partition coefficient (Wildman–Crippen LogP) is 5.01. The fraction of sp³-hybridized carbons (Fsp3) is 0.0625. The van der Waals surface area contributed by atoms with E-state index in [4.69, 9.17) is 23.2 Å². The zero-order valence-electron chi connectivity index (χ0n) is 10.7. The number of aromatic nitrogens is 1. The van der Waals surface area contributed by atoms with Gasteiger partial charge in [-0.3, -0.25) is 4.79 Å². The molecule has 3 rings (SSSR count). The number of hydrogen-bond acceptors (Lipinski definition) is 1. The smallest absolute Gasteiger partial charge is 0.195 e. The summed E-state index contributed by atoms with van der Waals surface area (Å²) in [5, 5.41) is 1.73. The van der Waals surface area contributed by atoms with Gasteiger partial charge in [0, 0.05) is 33.2 Å². The molecule has 20 heavy (non-hydrogen) atoms. The van der Waals surface area contributed by atoms with E-state index in [2.05, 4.69) is 4.98 Å². The average Bonchev–Trinajstić information content (AvgIpc) is 2.81. The Kier molecular flexibility index (Phi) is 3.28. The highest BCUT2D eigenvalue weighted by molar-refractivity contribution is 6.40. The first kappa shape index (κ1) is 13.2. The van der Waals surface area contributed by atoms with Crippen molar-refractivity contribution in [3.05, 3.63) is 69.3 Å². The van der Waals surface area contributed by atoms with Crippen LogP contribution in [-0.4, -0.2) is 10.8 Å². The van der Waals surface area contributed by atoms with Crippen LogP contribution in [0.15, 0.2) is 42.6 Å². The van der Waals surface area contributed by atoms with Gasteiger partial charge in [-0.05, 0) is 25.1 Å². The van der Waals surface area contributed by atoms with Crippen molar-refractivity contribution in [1.29, 1.82) is 0 Å². The van der Waals surface area contributed by atoms with Crippen LogP contribution in [0.25, 0.3) is 10.9 Å². The quantitative estimate of drug-likeness (QED) is 0.663. The first-order valence-corrected chi connectivity index (χ1v) is 6.89. The first-order valence-electron chi connectivity index (χ1n) is 6.14. The molecule has 0 radical (unpaired) electrons. The van der Waals surface area contributed by atoms with Crippen molar-refractivity contribution in [3.8, 4) is 0 Å². The Morgan fingerprint density at radius 3 is 2.70 bits per heavy atom. The molecule has 0 unspecified atom stereocenters. The van der Waals surface area contributed by atoms with E-state index < -0.39 is 0 Å². The maximum Gasteiger partial charge on any atom is 0.195 e. The Hall–Kier alpha value is -1.77. The van der Waals surface area contributed by atoms with Crippen molar-refractivity contribution >= 4 is 39.9 Å². The third kappa shape index (κ3) is 2.21. The van der Waals surface area contributed by atoms with E-state index in [-0.39, 0.29) is 5.78 Å². The molecule has 2 aromatic carbocycles. The molecular formula is C16H11Cl2NO. The summed E-state index contributed by atoms with van der Waals surface area (Å²) in [7, 11) is 0. The number of nitrogens with one attached hydrogen (secondary N) is 1. The van der Waals surface area contributed by atoms with Gasteiger partial charge in [0.2, 0.25) is 0 Å². The Morgan fingerprint density at radius 1 is 1.15 bits per heavy atom. The number of benzene rings is 2. The number of H-pyrrole nitrogens is 1. The molecule has 1 N–H and O–H groups in total. The van der Waals surface area contributed by atoms with E-state index >= 15 is 0 Å². The lowest BCUT2D eigenvalue weighted by Gasteiger charge is -2.03. The minimum atomic E-state index is -0.0517. The molecule has 0 atom stereocenters. The van der Waals surface area contributed by atoms with E-state index in [1.807, 2.05) is 25.1 Å². The second-order valence-electron chi connectivity index (χ2n) is 4.71. The number of ketones is 1. The first-order chi connectivity index (χ1) is 9.56. The van der Waals surface area contributed by atoms with Crippen LogP contribution in [0.4, 0.5) is 0 Å². The number of fused-ring (bicyclic) bond motifs is 1. The number of halogens is 2. The van der Waals surface area contributed by atoms with E-state index in [1.165, 1.54) is 0 Å². The third-order valence-electron chi connectivity index (χ3n) is 3.22. The molecule has 2 nitrogen and oxygen atoms in total. The van der Waals surface area contributed by atoms with Crippen LogP contribution in [0.1, 0.15) is 21.5 Å². The summed E-state index contributed by atoms with van der Waals surface area (Å²) < 4.78 is 0. The minimum absolute atomic E-state index is 0.0517. The summed E-state index contributed by atoms with van der Waals surface area (Å²) in [5.41, 5.74) is 3.02. The van der Waals surface area contributed by atoms with Gasteiger partial charge in [-0.25, -0.2) is 0 Å². The lowest BCUT2D eigenvalue weighted by Crippen LogP contribution is -2.00. The zero-order chi connectivity index (χ0) is 14.3. The average molecular weight is 304 g/mol. The summed E-state index contributed by atoms with van der Waals surface area (Å²) >= 11 is 12.2. The highest BCUT2D eigenvalue weighted by Gasteiger charge is 2.17. The number of rotatable bonds is 2. The summed E-state index contributed by atoms with van der Waals surface area (Å²) in [4.78, 5) is 15.6. The van der Waals surface area contributed by atoms with E-state index in [0.29, 0.717) is 26.6 Å². The summed E-state index contributed by atoms with van der Waals surface area (Å²) in [6, 6.07) is 10.9. The van der Waals surface area contributed by atoms with Crippen LogP contribution < -0.4 is 0 Å². The van der Waals surface area contributed by atoms with Crippen molar-refractivity contribution in [2.24, 2.45) is 0 Å². The summed E-state index contributed by atoms with van der Waals surface area (Å²) in [5.74, 6) is -0.0517. The highest BCUT2D eigenvalue weighted by atomic mass is 35.5. The maximum absolute atomic E-state index is 12.6. The SMILES string of the molecule is Cc1cccc(C(=O)c2c[nH]c3cc(Cl)cc(Cl)c23)c1. The lowest BCUT2D eigenvalue weighted by atomic mass is 10.0. The van der Waals surface area contributed by atoms with E-state index in [9.17, 15) is 4.79 Å². The van der Waals surface area contributed by atoms with Crippen molar-refractivity contribution < 1.29 is 4.79 Å². The maximum atomic E-state index is 12.6. The van der Waals surface area contributed by atoms with Gasteiger partial charge in [0.15, 0.2) is 5.78 Å². The molecule has 0 aliphatic heterocycles. The molecule has 0 amide bonds. The van der Waals surface area contributed by atoms with Gasteiger partial charge in [-0.2, -0.15) is 0 Å². The van der Waals surface area contributed by atoms with E-state index in [0.717, 1.165) is 11.1 Å². The molecule has 0 bridgehead atoms. The molecule has 1 aromatic heterocycles. The number of aryl methyl sites for hydroxylation is 1. The summed E-state index contributed by atoms with van der Waals surface area (Å²) in [6.45, 7) is 1.96. The van der Waals surface area contributed by atoms with Crippen LogP contribution in [0.2, 0.25) is 10.0 Å². The molecule has 3 aromatic rings. The Bertz CT molecular complexity index is 820. The molecule has 1 heterocycles. The lowest BCUT2D eigenvalue weighted by molar-refractivity contribution is 0.104. The molecule has 0 saturated heterocycles. The van der Waals surface area contributed by atoms with E-state index in [1.54, 1.807) is 24.4 Å². The molecular weight excluding hydrogens is 293 g/mol. The molecule has 100 valence electrons. The monoisotopic (exact) mass is 303 g/mol. The summed E-state index contributed by atoms with van der Waals surface area (Å²) in [6.07, 6.45) is 1.68. The van der Waals surface area contributed by atoms with Crippen molar-refractivity contribution in [2.45, 2.75) is 6.92 Å². The molecule has 0 aliphatic carbocycles. The van der Waals surface area contributed by atoms with Gasteiger partial charge in [0.25, 0.3) is 0 Å². The fourth-order valence-electron chi connectivity index (χ4n) is 2.30. The van der Waals surface area contributed by atoms with Crippen molar-refractivity contribution in [1.82, 2.24) is 4.98 Å². The molecule has 0 spiro atoms. The van der Waals surface area contributed by atoms with Crippen molar-refractivity contribution in [3.63, 3.8) is 0 Å². The van der Waals surface area contributed by atoms with Crippen LogP contribution in [0, 0.1) is 6.92 Å². The standard InChI is InChI=1S/C16H11Cl2NO/c1-9-3-2-4-10(5-9)16(20)12-8-19-14-7-11(17)6-13(18)15(12)14/h2-8,19H,1H3. The van der Waals surface area contributed by atoms with Gasteiger partial charge in [0.05, 0.1) is 5.02 Å². The van der Waals surface area contributed by atoms with Crippen LogP contribution in [0.3, 0.4) is 0 Å². The molecule has 0 saturated carbocycles. The second-order valence-corrected chi connectivity index (χ2v) is 5.55. The Balaban J connectivity index is 2.18. The largest absolute Gasteiger partial charge is 0.360 e. The molecule has 0 aliphatic rings. The number of hydrogen-bond donors (Lipinski definition) is 1. The highest BCUT2D eigenvalue weighted by Crippen LogP contribution is 2.31. The Morgan fingerprint density at radius 2 is 1.95 bits per heavy atom. The predicted molar refractivity (Wildman–Crippen MR) is 82.9 cm³/mol. The van der Waals surface area contributed by atoms with Crippen LogP contribution in [-0.2, 0) is 0 Å². The van der Waals surface area contributed by atoms with Gasteiger partial charge in [-0.1, -0.05) is 47.0 Å². The number of carbonyl (C=O) groups is 1. The van der Waals surface area contributed by atoms with Gasteiger partial charge >= 0.3 is 0 Å². The Labute approximate surface area is 126 Å².